The van der Waals surface area contributed by atoms with Crippen molar-refractivity contribution >= 4 is 17.4 Å². The number of methoxy groups -OCH3 is 1. The van der Waals surface area contributed by atoms with E-state index in [0.29, 0.717) is 0 Å². The predicted octanol–water partition coefficient (Wildman–Crippen LogP) is 9.26. The second-order valence-electron chi connectivity index (χ2n) is 7.10. The van der Waals surface area contributed by atoms with Crippen molar-refractivity contribution in [1.29, 1.82) is 0 Å². The molecule has 180 valence electrons. The highest BCUT2D eigenvalue weighted by molar-refractivity contribution is 6.11. The van der Waals surface area contributed by atoms with Crippen LogP contribution in [0.4, 0.5) is 0 Å². The number of rotatable bonds is 8. The molecule has 0 N–H and O–H groups in total. The van der Waals surface area contributed by atoms with Crippen LogP contribution in [-0.2, 0) is 0 Å². The Labute approximate surface area is 203 Å². The minimum absolute atomic E-state index is 0.821. The van der Waals surface area contributed by atoms with Crippen LogP contribution in [-0.4, -0.2) is 19.4 Å². The molecule has 2 rings (SSSR count). The third-order valence-corrected chi connectivity index (χ3v) is 4.85. The fraction of sp³-hybridized carbons (Fsp3) is 0.387. The monoisotopic (exact) mass is 447 g/mol. The second kappa shape index (κ2) is 17.7. The Kier molecular flexibility index (Phi) is 16.1. The van der Waals surface area contributed by atoms with Crippen molar-refractivity contribution in [3.63, 3.8) is 0 Å². The van der Waals surface area contributed by atoms with Gasteiger partial charge in [0.25, 0.3) is 0 Å². The van der Waals surface area contributed by atoms with E-state index in [1.54, 1.807) is 7.11 Å². The van der Waals surface area contributed by atoms with E-state index < -0.39 is 0 Å². The summed E-state index contributed by atoms with van der Waals surface area (Å²) in [6.07, 6.45) is 11.7. The number of hydrogen-bond acceptors (Lipinski definition) is 2. The summed E-state index contributed by atoms with van der Waals surface area (Å²) in [6, 6.07) is 12.8. The highest BCUT2D eigenvalue weighted by atomic mass is 16.5. The molecule has 0 spiro atoms. The Balaban J connectivity index is 0.00000242. The summed E-state index contributed by atoms with van der Waals surface area (Å²) >= 11 is 0. The van der Waals surface area contributed by atoms with Crippen molar-refractivity contribution < 1.29 is 4.74 Å². The fourth-order valence-corrected chi connectivity index (χ4v) is 3.31. The zero-order chi connectivity index (χ0) is 25.2. The number of hydrogen-bond donors (Lipinski definition) is 0. The maximum atomic E-state index is 5.36. The molecule has 2 nitrogen and oxygen atoms in total. The standard InChI is InChI=1S/C27H33NO.2C2H6/c1-7-10-23(9-3)24-13-14-25(20(4)19-24)26(28-17-8-2)15-11-22-12-16-27(29-6)21(5)18-22;2*1-2/h7,9-16,18-19H,8,17H2,1-6H3;2*1-2H3/b10-7-,15-11+,23-9+,28-26?;;. The van der Waals surface area contributed by atoms with Crippen molar-refractivity contribution in [2.45, 2.75) is 68.7 Å². The number of aryl methyl sites for hydroxylation is 2. The minimum Gasteiger partial charge on any atom is -0.496 e. The summed E-state index contributed by atoms with van der Waals surface area (Å²) in [5.74, 6) is 0.911. The van der Waals surface area contributed by atoms with Crippen LogP contribution in [0.3, 0.4) is 0 Å². The van der Waals surface area contributed by atoms with Gasteiger partial charge in [-0.15, -0.1) is 0 Å². The molecule has 0 amide bonds. The molecule has 0 aromatic heterocycles. The summed E-state index contributed by atoms with van der Waals surface area (Å²) in [5, 5.41) is 0. The normalized spacial score (nSPS) is 11.7. The first-order valence-electron chi connectivity index (χ1n) is 12.3. The molecular weight excluding hydrogens is 402 g/mol. The molecule has 0 bridgehead atoms. The van der Waals surface area contributed by atoms with Crippen LogP contribution < -0.4 is 4.74 Å². The van der Waals surface area contributed by atoms with E-state index in [4.69, 9.17) is 9.73 Å². The molecule has 0 aliphatic carbocycles. The largest absolute Gasteiger partial charge is 0.496 e. The highest BCUT2D eigenvalue weighted by Crippen LogP contribution is 2.22. The van der Waals surface area contributed by atoms with E-state index in [2.05, 4.69) is 88.4 Å². The van der Waals surface area contributed by atoms with Gasteiger partial charge in [-0.2, -0.15) is 0 Å². The topological polar surface area (TPSA) is 21.6 Å². The van der Waals surface area contributed by atoms with Crippen molar-refractivity contribution in [3.8, 4) is 5.75 Å². The first-order valence-corrected chi connectivity index (χ1v) is 12.3. The molecule has 0 saturated carbocycles. The van der Waals surface area contributed by atoms with Crippen LogP contribution in [0.5, 0.6) is 5.75 Å². The molecular formula is C31H45NO. The molecule has 0 saturated heterocycles. The zero-order valence-electron chi connectivity index (χ0n) is 22.6. The number of nitrogens with zero attached hydrogens (tertiary/aromatic N) is 1. The van der Waals surface area contributed by atoms with Crippen LogP contribution in [0.2, 0.25) is 0 Å². The molecule has 2 aromatic rings. The lowest BCUT2D eigenvalue weighted by atomic mass is 9.96. The van der Waals surface area contributed by atoms with E-state index in [9.17, 15) is 0 Å². The van der Waals surface area contributed by atoms with Crippen molar-refractivity contribution in [1.82, 2.24) is 0 Å². The lowest BCUT2D eigenvalue weighted by molar-refractivity contribution is 0.411. The molecule has 0 heterocycles. The van der Waals surface area contributed by atoms with Gasteiger partial charge >= 0.3 is 0 Å². The summed E-state index contributed by atoms with van der Waals surface area (Å²) in [6.45, 7) is 19.3. The van der Waals surface area contributed by atoms with Gasteiger partial charge < -0.3 is 4.74 Å². The number of allylic oxidation sites excluding steroid dienone is 5. The summed E-state index contributed by atoms with van der Waals surface area (Å²) in [5.41, 5.74) is 8.18. The van der Waals surface area contributed by atoms with Crippen molar-refractivity contribution in [2.24, 2.45) is 4.99 Å². The molecule has 0 radical (unpaired) electrons. The van der Waals surface area contributed by atoms with Gasteiger partial charge in [0, 0.05) is 12.1 Å². The SMILES string of the molecule is C/C=C\C(=C/C)c1ccc(C(/C=C/c2ccc(OC)c(C)c2)=NCCC)c(C)c1.CC.CC. The molecule has 33 heavy (non-hydrogen) atoms. The van der Waals surface area contributed by atoms with Gasteiger partial charge in [0.15, 0.2) is 0 Å². The van der Waals surface area contributed by atoms with Crippen LogP contribution in [0, 0.1) is 13.8 Å². The second-order valence-corrected chi connectivity index (χ2v) is 7.10. The number of benzene rings is 2. The third kappa shape index (κ3) is 9.65. The van der Waals surface area contributed by atoms with Crippen LogP contribution in [0.15, 0.2) is 65.7 Å². The van der Waals surface area contributed by atoms with E-state index >= 15 is 0 Å². The van der Waals surface area contributed by atoms with Crippen LogP contribution in [0.1, 0.15) is 82.7 Å². The Hall–Kier alpha value is -2.87. The molecule has 0 aliphatic rings. The molecule has 0 atom stereocenters. The Bertz CT molecular complexity index is 945. The first-order chi connectivity index (χ1) is 16.0. The van der Waals surface area contributed by atoms with Crippen LogP contribution >= 0.6 is 0 Å². The minimum atomic E-state index is 0.821. The molecule has 0 unspecified atom stereocenters. The first kappa shape index (κ1) is 30.1. The van der Waals surface area contributed by atoms with Gasteiger partial charge in [-0.1, -0.05) is 83.2 Å². The van der Waals surface area contributed by atoms with Gasteiger partial charge in [-0.25, -0.2) is 0 Å². The summed E-state index contributed by atoms with van der Waals surface area (Å²) < 4.78 is 5.36. The highest BCUT2D eigenvalue weighted by Gasteiger charge is 2.07. The maximum absolute atomic E-state index is 5.36. The predicted molar refractivity (Wildman–Crippen MR) is 151 cm³/mol. The quantitative estimate of drug-likeness (QED) is 0.292. The molecule has 0 fully saturated rings. The van der Waals surface area contributed by atoms with Crippen molar-refractivity contribution in [2.75, 3.05) is 13.7 Å². The molecule has 2 aromatic carbocycles. The Morgan fingerprint density at radius 3 is 2.12 bits per heavy atom. The van der Waals surface area contributed by atoms with E-state index in [1.165, 1.54) is 22.3 Å². The van der Waals surface area contributed by atoms with E-state index in [1.807, 2.05) is 40.7 Å². The van der Waals surface area contributed by atoms with Gasteiger partial charge in [0.1, 0.15) is 5.75 Å². The van der Waals surface area contributed by atoms with Crippen LogP contribution in [0.25, 0.3) is 11.6 Å². The average molecular weight is 448 g/mol. The number of ether oxygens (including phenoxy) is 1. The fourth-order valence-electron chi connectivity index (χ4n) is 3.31. The summed E-state index contributed by atoms with van der Waals surface area (Å²) in [4.78, 5) is 4.85. The maximum Gasteiger partial charge on any atom is 0.121 e. The Morgan fingerprint density at radius 1 is 0.909 bits per heavy atom. The molecule has 2 heteroatoms. The Morgan fingerprint density at radius 2 is 1.61 bits per heavy atom. The van der Waals surface area contributed by atoms with Crippen molar-refractivity contribution in [3.05, 3.63) is 88.5 Å². The van der Waals surface area contributed by atoms with E-state index in [0.717, 1.165) is 35.6 Å². The smallest absolute Gasteiger partial charge is 0.121 e. The lowest BCUT2D eigenvalue weighted by Gasteiger charge is -2.10. The van der Waals surface area contributed by atoms with Gasteiger partial charge in [-0.05, 0) is 80.2 Å². The summed E-state index contributed by atoms with van der Waals surface area (Å²) in [7, 11) is 1.70. The third-order valence-electron chi connectivity index (χ3n) is 4.85. The average Bonchev–Trinajstić information content (AvgIpc) is 2.85. The lowest BCUT2D eigenvalue weighted by Crippen LogP contribution is -2.02. The van der Waals surface area contributed by atoms with Gasteiger partial charge in [0.2, 0.25) is 0 Å². The van der Waals surface area contributed by atoms with Gasteiger partial charge in [0.05, 0.1) is 12.8 Å². The van der Waals surface area contributed by atoms with Gasteiger partial charge in [-0.3, -0.25) is 4.99 Å². The number of aliphatic imine (C=N–C) groups is 1. The van der Waals surface area contributed by atoms with E-state index in [-0.39, 0.29) is 0 Å². The zero-order valence-corrected chi connectivity index (χ0v) is 22.6. The molecule has 0 aliphatic heterocycles.